The second-order valence-electron chi connectivity index (χ2n) is 4.97. The quantitative estimate of drug-likeness (QED) is 0.564. The Bertz CT molecular complexity index is 365. The molecule has 80 valence electrons. The van der Waals surface area contributed by atoms with Gasteiger partial charge in [0.15, 0.2) is 0 Å². The van der Waals surface area contributed by atoms with E-state index in [2.05, 4.69) is 11.5 Å². The fraction of sp³-hybridized carbons (Fsp3) is 0.615. The van der Waals surface area contributed by atoms with Crippen molar-refractivity contribution in [3.63, 3.8) is 0 Å². The number of allylic oxidation sites excluding steroid dienone is 2. The topological polar surface area (TPSA) is 12.0 Å². The minimum atomic E-state index is 0.858. The smallest absolute Gasteiger partial charge is 0.0834 e. The van der Waals surface area contributed by atoms with Crippen molar-refractivity contribution in [1.29, 1.82) is 0 Å². The maximum Gasteiger partial charge on any atom is 0.0834 e. The highest BCUT2D eigenvalue weighted by Gasteiger charge is 2.29. The normalized spacial score (nSPS) is 29.5. The summed E-state index contributed by atoms with van der Waals surface area (Å²) >= 11 is 5.16. The van der Waals surface area contributed by atoms with Gasteiger partial charge in [-0.15, -0.1) is 0 Å². The zero-order valence-electron chi connectivity index (χ0n) is 9.01. The lowest BCUT2D eigenvalue weighted by Crippen LogP contribution is -2.06. The number of hydrogen-bond acceptors (Lipinski definition) is 1. The van der Waals surface area contributed by atoms with E-state index in [-0.39, 0.29) is 0 Å². The lowest BCUT2D eigenvalue weighted by Gasteiger charge is -2.13. The summed E-state index contributed by atoms with van der Waals surface area (Å²) in [5.41, 5.74) is 5.13. The Hall–Kier alpha value is -0.630. The first-order valence-corrected chi connectivity index (χ1v) is 6.42. The molecule has 0 saturated carbocycles. The van der Waals surface area contributed by atoms with Gasteiger partial charge in [0.25, 0.3) is 0 Å². The molecule has 0 aromatic rings. The van der Waals surface area contributed by atoms with E-state index in [0.717, 1.165) is 17.3 Å². The fourth-order valence-corrected chi connectivity index (χ4v) is 3.54. The highest BCUT2D eigenvalue weighted by Crippen LogP contribution is 2.45. The molecule has 0 aromatic heterocycles. The van der Waals surface area contributed by atoms with Gasteiger partial charge >= 0.3 is 0 Å². The van der Waals surface area contributed by atoms with Gasteiger partial charge < -0.3 is 5.32 Å². The summed E-state index contributed by atoms with van der Waals surface area (Å²) in [6, 6.07) is 0. The van der Waals surface area contributed by atoms with Crippen LogP contribution in [0.4, 0.5) is 0 Å². The lowest BCUT2D eigenvalue weighted by molar-refractivity contribution is 0.566. The molecule has 0 radical (unpaired) electrons. The summed E-state index contributed by atoms with van der Waals surface area (Å²) in [5, 5.41) is 3.16. The van der Waals surface area contributed by atoms with Crippen molar-refractivity contribution in [2.45, 2.75) is 44.9 Å². The Labute approximate surface area is 96.6 Å². The van der Waals surface area contributed by atoms with Gasteiger partial charge in [-0.3, -0.25) is 0 Å². The van der Waals surface area contributed by atoms with Crippen LogP contribution in [-0.4, -0.2) is 4.99 Å². The zero-order chi connectivity index (χ0) is 10.3. The van der Waals surface area contributed by atoms with Gasteiger partial charge in [-0.25, -0.2) is 0 Å². The standard InChI is InChI=1S/C13H17NS/c15-13-7-9(8-14-13)6-11-5-4-10-2-1-3-12(10)11/h8,11H,1-7H2,(H,14,15). The van der Waals surface area contributed by atoms with E-state index in [1.165, 1.54) is 44.1 Å². The monoisotopic (exact) mass is 219 g/mol. The molecule has 2 heteroatoms. The summed E-state index contributed by atoms with van der Waals surface area (Å²) in [6.45, 7) is 0. The van der Waals surface area contributed by atoms with E-state index >= 15 is 0 Å². The van der Waals surface area contributed by atoms with Crippen molar-refractivity contribution < 1.29 is 0 Å². The third-order valence-corrected chi connectivity index (χ3v) is 4.26. The van der Waals surface area contributed by atoms with Crippen molar-refractivity contribution in [3.8, 4) is 0 Å². The largest absolute Gasteiger partial charge is 0.356 e. The highest BCUT2D eigenvalue weighted by atomic mass is 32.1. The molecule has 0 spiro atoms. The molecule has 3 aliphatic rings. The minimum Gasteiger partial charge on any atom is -0.356 e. The average molecular weight is 219 g/mol. The number of rotatable bonds is 2. The van der Waals surface area contributed by atoms with Crippen LogP contribution in [0.25, 0.3) is 0 Å². The van der Waals surface area contributed by atoms with Gasteiger partial charge in [0.2, 0.25) is 0 Å². The molecular formula is C13H17NS. The molecule has 0 bridgehead atoms. The molecule has 0 fully saturated rings. The van der Waals surface area contributed by atoms with Gasteiger partial charge in [0.05, 0.1) is 4.99 Å². The van der Waals surface area contributed by atoms with E-state index in [4.69, 9.17) is 12.2 Å². The molecule has 1 aliphatic heterocycles. The predicted molar refractivity (Wildman–Crippen MR) is 66.7 cm³/mol. The third kappa shape index (κ3) is 1.76. The Morgan fingerprint density at radius 2 is 2.27 bits per heavy atom. The van der Waals surface area contributed by atoms with Crippen molar-refractivity contribution in [2.24, 2.45) is 5.92 Å². The Balaban J connectivity index is 1.67. The summed E-state index contributed by atoms with van der Waals surface area (Å²) in [4.78, 5) is 1.00. The summed E-state index contributed by atoms with van der Waals surface area (Å²) in [7, 11) is 0. The second-order valence-corrected chi connectivity index (χ2v) is 5.46. The molecule has 1 heterocycles. The number of hydrogen-bond donors (Lipinski definition) is 1. The fourth-order valence-electron chi connectivity index (χ4n) is 3.29. The highest BCUT2D eigenvalue weighted by molar-refractivity contribution is 7.80. The SMILES string of the molecule is S=C1CC(CC2CCC3=C2CCC3)=CN1. The number of nitrogens with one attached hydrogen (secondary N) is 1. The van der Waals surface area contributed by atoms with Crippen LogP contribution >= 0.6 is 12.2 Å². The Kier molecular flexibility index (Phi) is 2.39. The van der Waals surface area contributed by atoms with Gasteiger partial charge in [0, 0.05) is 12.6 Å². The van der Waals surface area contributed by atoms with E-state index in [1.807, 2.05) is 5.57 Å². The molecular weight excluding hydrogens is 202 g/mol. The van der Waals surface area contributed by atoms with Gasteiger partial charge in [-0.1, -0.05) is 23.4 Å². The molecule has 2 aliphatic carbocycles. The Morgan fingerprint density at radius 1 is 1.33 bits per heavy atom. The van der Waals surface area contributed by atoms with Crippen LogP contribution in [-0.2, 0) is 0 Å². The Morgan fingerprint density at radius 3 is 3.07 bits per heavy atom. The first-order valence-electron chi connectivity index (χ1n) is 6.01. The third-order valence-electron chi connectivity index (χ3n) is 4.00. The van der Waals surface area contributed by atoms with E-state index < -0.39 is 0 Å². The summed E-state index contributed by atoms with van der Waals surface area (Å²) in [6.07, 6.45) is 11.4. The molecule has 3 rings (SSSR count). The number of thiocarbonyl (C=S) groups is 1. The van der Waals surface area contributed by atoms with Crippen LogP contribution in [0.5, 0.6) is 0 Å². The molecule has 0 amide bonds. The van der Waals surface area contributed by atoms with Crippen molar-refractivity contribution >= 4 is 17.2 Å². The van der Waals surface area contributed by atoms with Crippen LogP contribution < -0.4 is 5.32 Å². The summed E-state index contributed by atoms with van der Waals surface area (Å²) in [5.74, 6) is 0.858. The molecule has 1 unspecified atom stereocenters. The van der Waals surface area contributed by atoms with Crippen molar-refractivity contribution in [3.05, 3.63) is 22.9 Å². The lowest BCUT2D eigenvalue weighted by atomic mass is 9.91. The van der Waals surface area contributed by atoms with Crippen LogP contribution in [0.1, 0.15) is 44.9 Å². The van der Waals surface area contributed by atoms with Crippen LogP contribution in [0, 0.1) is 5.92 Å². The van der Waals surface area contributed by atoms with Crippen LogP contribution in [0.3, 0.4) is 0 Å². The van der Waals surface area contributed by atoms with E-state index in [9.17, 15) is 0 Å². The molecule has 1 nitrogen and oxygen atoms in total. The molecule has 1 atom stereocenters. The summed E-state index contributed by atoms with van der Waals surface area (Å²) < 4.78 is 0. The van der Waals surface area contributed by atoms with Gasteiger partial charge in [-0.2, -0.15) is 0 Å². The average Bonchev–Trinajstić information content (AvgIpc) is 2.85. The van der Waals surface area contributed by atoms with E-state index in [1.54, 1.807) is 5.57 Å². The zero-order valence-corrected chi connectivity index (χ0v) is 9.83. The second kappa shape index (κ2) is 3.75. The molecule has 0 aromatic carbocycles. The maximum absolute atomic E-state index is 5.16. The predicted octanol–water partition coefficient (Wildman–Crippen LogP) is 3.47. The van der Waals surface area contributed by atoms with Crippen molar-refractivity contribution in [1.82, 2.24) is 5.32 Å². The van der Waals surface area contributed by atoms with E-state index in [0.29, 0.717) is 0 Å². The minimum absolute atomic E-state index is 0.858. The van der Waals surface area contributed by atoms with Crippen LogP contribution in [0.2, 0.25) is 0 Å². The van der Waals surface area contributed by atoms with Gasteiger partial charge in [-0.05, 0) is 50.0 Å². The molecule has 15 heavy (non-hydrogen) atoms. The van der Waals surface area contributed by atoms with Crippen molar-refractivity contribution in [2.75, 3.05) is 0 Å². The first-order chi connectivity index (χ1) is 7.33. The van der Waals surface area contributed by atoms with Gasteiger partial charge in [0.1, 0.15) is 0 Å². The first kappa shape index (κ1) is 9.59. The van der Waals surface area contributed by atoms with Crippen LogP contribution in [0.15, 0.2) is 22.9 Å². The maximum atomic E-state index is 5.16. The molecule has 1 N–H and O–H groups in total. The molecule has 0 saturated heterocycles.